The van der Waals surface area contributed by atoms with E-state index in [0.717, 1.165) is 18.4 Å². The zero-order valence-corrected chi connectivity index (χ0v) is 17.5. The first-order valence-electron chi connectivity index (χ1n) is 10.6. The van der Waals surface area contributed by atoms with Gasteiger partial charge in [0.05, 0.1) is 18.5 Å². The molecule has 1 amide bonds. The molecule has 0 bridgehead atoms. The number of hydrogen-bond donors (Lipinski definition) is 2. The molecule has 4 aromatic rings. The number of carbonyl (C=O) groups excluding carboxylic acids is 1. The SMILES string of the molecule is O=C(NCCn1nc(-c2ccco2)n(C2CC2)c1=O)c1cc(-c2ccc3c(c2)OCO3)n[nH]1. The molecule has 11 nitrogen and oxygen atoms in total. The van der Waals surface area contributed by atoms with Gasteiger partial charge in [0.1, 0.15) is 5.69 Å². The van der Waals surface area contributed by atoms with E-state index in [1.165, 1.54) is 4.68 Å². The Hall–Kier alpha value is -4.28. The molecule has 2 aliphatic rings. The van der Waals surface area contributed by atoms with Gasteiger partial charge in [-0.05, 0) is 49.2 Å². The van der Waals surface area contributed by atoms with Crippen molar-refractivity contribution in [2.24, 2.45) is 0 Å². The minimum Gasteiger partial charge on any atom is -0.461 e. The predicted octanol–water partition coefficient (Wildman–Crippen LogP) is 2.19. The Kier molecular flexibility index (Phi) is 4.52. The standard InChI is InChI=1S/C22H20N6O5/c29-21(16-11-15(24-25-16)13-3-6-17-19(10-13)33-12-32-17)23-7-8-27-22(30)28(14-4-5-14)20(26-27)18-2-1-9-31-18/h1-3,6,9-11,14H,4-5,7-8,12H2,(H,23,29)(H,24,25). The van der Waals surface area contributed by atoms with E-state index in [2.05, 4.69) is 20.6 Å². The minimum atomic E-state index is -0.324. The zero-order chi connectivity index (χ0) is 22.4. The first-order valence-corrected chi connectivity index (χ1v) is 10.6. The highest BCUT2D eigenvalue weighted by molar-refractivity contribution is 5.93. The Morgan fingerprint density at radius 1 is 1.18 bits per heavy atom. The highest BCUT2D eigenvalue weighted by Crippen LogP contribution is 2.37. The maximum Gasteiger partial charge on any atom is 0.346 e. The van der Waals surface area contributed by atoms with Crippen LogP contribution in [0.3, 0.4) is 0 Å². The lowest BCUT2D eigenvalue weighted by Gasteiger charge is -2.03. The summed E-state index contributed by atoms with van der Waals surface area (Å²) < 4.78 is 19.2. The Bertz CT molecular complexity index is 1380. The van der Waals surface area contributed by atoms with Gasteiger partial charge < -0.3 is 19.2 Å². The molecule has 3 aromatic heterocycles. The third-order valence-corrected chi connectivity index (χ3v) is 5.62. The molecule has 1 aliphatic carbocycles. The Balaban J connectivity index is 1.13. The average molecular weight is 448 g/mol. The van der Waals surface area contributed by atoms with Crippen LogP contribution in [0.4, 0.5) is 0 Å². The van der Waals surface area contributed by atoms with E-state index in [4.69, 9.17) is 13.9 Å². The van der Waals surface area contributed by atoms with Gasteiger partial charge in [-0.15, -0.1) is 5.10 Å². The summed E-state index contributed by atoms with van der Waals surface area (Å²) in [5.41, 5.74) is 1.53. The molecule has 6 rings (SSSR count). The minimum absolute atomic E-state index is 0.153. The van der Waals surface area contributed by atoms with Crippen molar-refractivity contribution < 1.29 is 18.7 Å². The van der Waals surface area contributed by atoms with Gasteiger partial charge in [-0.2, -0.15) is 5.10 Å². The van der Waals surface area contributed by atoms with Crippen LogP contribution in [0.15, 0.2) is 51.9 Å². The quantitative estimate of drug-likeness (QED) is 0.443. The zero-order valence-electron chi connectivity index (χ0n) is 17.5. The first kappa shape index (κ1) is 19.4. The van der Waals surface area contributed by atoms with E-state index in [1.807, 2.05) is 18.2 Å². The maximum absolute atomic E-state index is 12.8. The number of hydrogen-bond acceptors (Lipinski definition) is 7. The molecule has 0 radical (unpaired) electrons. The molecule has 0 saturated heterocycles. The lowest BCUT2D eigenvalue weighted by molar-refractivity contribution is 0.0946. The van der Waals surface area contributed by atoms with Crippen LogP contribution < -0.4 is 20.5 Å². The van der Waals surface area contributed by atoms with Gasteiger partial charge in [0.15, 0.2) is 17.3 Å². The topological polar surface area (TPSA) is 129 Å². The Labute approximate surface area is 186 Å². The van der Waals surface area contributed by atoms with Crippen LogP contribution in [-0.2, 0) is 6.54 Å². The molecule has 0 unspecified atom stereocenters. The van der Waals surface area contributed by atoms with Crippen molar-refractivity contribution in [1.82, 2.24) is 29.9 Å². The second kappa shape index (κ2) is 7.69. The van der Waals surface area contributed by atoms with Crippen LogP contribution in [0.25, 0.3) is 22.8 Å². The lowest BCUT2D eigenvalue weighted by Crippen LogP contribution is -2.32. The monoisotopic (exact) mass is 448 g/mol. The number of carbonyl (C=O) groups is 1. The number of H-pyrrole nitrogens is 1. The summed E-state index contributed by atoms with van der Waals surface area (Å²) in [5.74, 6) is 2.07. The van der Waals surface area contributed by atoms with Crippen LogP contribution in [0.5, 0.6) is 11.5 Å². The largest absolute Gasteiger partial charge is 0.461 e. The number of nitrogens with one attached hydrogen (secondary N) is 2. The van der Waals surface area contributed by atoms with Crippen LogP contribution in [0.1, 0.15) is 29.4 Å². The first-order chi connectivity index (χ1) is 16.2. The fourth-order valence-corrected chi connectivity index (χ4v) is 3.81. The predicted molar refractivity (Wildman–Crippen MR) is 115 cm³/mol. The third kappa shape index (κ3) is 3.56. The molecular weight excluding hydrogens is 428 g/mol. The summed E-state index contributed by atoms with van der Waals surface area (Å²) in [5, 5.41) is 14.2. The van der Waals surface area contributed by atoms with E-state index < -0.39 is 0 Å². The van der Waals surface area contributed by atoms with Crippen LogP contribution in [0.2, 0.25) is 0 Å². The van der Waals surface area contributed by atoms with Gasteiger partial charge in [-0.3, -0.25) is 14.5 Å². The summed E-state index contributed by atoms with van der Waals surface area (Å²) in [6.07, 6.45) is 3.45. The number of aromatic nitrogens is 5. The molecule has 1 aliphatic heterocycles. The van der Waals surface area contributed by atoms with Gasteiger partial charge in [0, 0.05) is 18.2 Å². The summed E-state index contributed by atoms with van der Waals surface area (Å²) in [4.78, 5) is 25.4. The third-order valence-electron chi connectivity index (χ3n) is 5.62. The van der Waals surface area contributed by atoms with E-state index in [9.17, 15) is 9.59 Å². The highest BCUT2D eigenvalue weighted by atomic mass is 16.7. The molecule has 4 heterocycles. The van der Waals surface area contributed by atoms with Crippen molar-refractivity contribution >= 4 is 5.91 Å². The molecule has 2 N–H and O–H groups in total. The van der Waals surface area contributed by atoms with Crippen LogP contribution in [-0.4, -0.2) is 43.8 Å². The molecule has 1 saturated carbocycles. The van der Waals surface area contributed by atoms with Gasteiger partial charge in [-0.25, -0.2) is 9.48 Å². The molecule has 0 atom stereocenters. The maximum atomic E-state index is 12.8. The Morgan fingerprint density at radius 3 is 2.88 bits per heavy atom. The summed E-state index contributed by atoms with van der Waals surface area (Å²) in [6.45, 7) is 0.662. The van der Waals surface area contributed by atoms with E-state index in [0.29, 0.717) is 34.5 Å². The van der Waals surface area contributed by atoms with Crippen LogP contribution >= 0.6 is 0 Å². The number of furan rings is 1. The number of amides is 1. The average Bonchev–Trinajstić information content (AvgIpc) is 3.29. The highest BCUT2D eigenvalue weighted by Gasteiger charge is 2.31. The van der Waals surface area contributed by atoms with Crippen molar-refractivity contribution in [3.05, 3.63) is 58.8 Å². The van der Waals surface area contributed by atoms with Crippen molar-refractivity contribution in [2.75, 3.05) is 13.3 Å². The van der Waals surface area contributed by atoms with Crippen molar-refractivity contribution in [3.8, 4) is 34.3 Å². The van der Waals surface area contributed by atoms with Gasteiger partial charge in [-0.1, -0.05) is 0 Å². The second-order valence-electron chi connectivity index (χ2n) is 7.90. The Morgan fingerprint density at radius 2 is 2.06 bits per heavy atom. The summed E-state index contributed by atoms with van der Waals surface area (Å²) >= 11 is 0. The van der Waals surface area contributed by atoms with Crippen molar-refractivity contribution in [1.29, 1.82) is 0 Å². The number of aromatic amines is 1. The van der Waals surface area contributed by atoms with E-state index in [1.54, 1.807) is 29.0 Å². The van der Waals surface area contributed by atoms with Crippen molar-refractivity contribution in [3.63, 3.8) is 0 Å². The van der Waals surface area contributed by atoms with Gasteiger partial charge in [0.2, 0.25) is 12.6 Å². The second-order valence-corrected chi connectivity index (χ2v) is 7.90. The number of ether oxygens (including phenoxy) is 2. The van der Waals surface area contributed by atoms with Gasteiger partial charge >= 0.3 is 5.69 Å². The number of benzene rings is 1. The summed E-state index contributed by atoms with van der Waals surface area (Å²) in [6, 6.07) is 10.8. The molecule has 168 valence electrons. The lowest BCUT2D eigenvalue weighted by atomic mass is 10.1. The molecule has 1 aromatic carbocycles. The fraction of sp³-hybridized carbons (Fsp3) is 0.273. The molecule has 0 spiro atoms. The molecule has 33 heavy (non-hydrogen) atoms. The van der Waals surface area contributed by atoms with Crippen molar-refractivity contribution in [2.45, 2.75) is 25.4 Å². The van der Waals surface area contributed by atoms with E-state index in [-0.39, 0.29) is 37.5 Å². The molecule has 1 fully saturated rings. The van der Waals surface area contributed by atoms with Gasteiger partial charge in [0.25, 0.3) is 5.91 Å². The van der Waals surface area contributed by atoms with E-state index >= 15 is 0 Å². The molecule has 11 heteroatoms. The molecular formula is C22H20N6O5. The number of nitrogens with zero attached hydrogens (tertiary/aromatic N) is 4. The number of fused-ring (bicyclic) bond motifs is 1. The fourth-order valence-electron chi connectivity index (χ4n) is 3.81. The number of rotatable bonds is 7. The summed E-state index contributed by atoms with van der Waals surface area (Å²) in [7, 11) is 0. The smallest absolute Gasteiger partial charge is 0.346 e. The normalized spacial score (nSPS) is 14.5. The van der Waals surface area contributed by atoms with Crippen LogP contribution in [0, 0.1) is 0 Å².